The van der Waals surface area contributed by atoms with Crippen LogP contribution in [-0.2, 0) is 4.79 Å². The number of methoxy groups -OCH3 is 1. The molecule has 1 fully saturated rings. The summed E-state index contributed by atoms with van der Waals surface area (Å²) >= 11 is 9.40. The van der Waals surface area contributed by atoms with E-state index in [4.69, 9.17) is 21.4 Å². The summed E-state index contributed by atoms with van der Waals surface area (Å²) in [5, 5.41) is 6.89. The number of aryl methyl sites for hydroxylation is 1. The van der Waals surface area contributed by atoms with Crippen molar-refractivity contribution in [3.63, 3.8) is 0 Å². The molecule has 0 saturated carbocycles. The molecule has 2 aromatic heterocycles. The average Bonchev–Trinajstić information content (AvgIpc) is 3.52. The summed E-state index contributed by atoms with van der Waals surface area (Å²) in [6.45, 7) is 2.44. The monoisotopic (exact) mass is 590 g/mol. The minimum Gasteiger partial charge on any atom is -0.495 e. The lowest BCUT2D eigenvalue weighted by Crippen LogP contribution is -2.32. The average molecular weight is 592 g/mol. The van der Waals surface area contributed by atoms with Crippen molar-refractivity contribution < 1.29 is 13.9 Å². The zero-order valence-corrected chi connectivity index (χ0v) is 23.4. The third-order valence-electron chi connectivity index (χ3n) is 6.47. The van der Waals surface area contributed by atoms with Gasteiger partial charge in [-0.05, 0) is 73.2 Å². The van der Waals surface area contributed by atoms with Crippen molar-refractivity contribution in [2.75, 3.05) is 19.0 Å². The number of benzene rings is 2. The Morgan fingerprint density at radius 2 is 1.97 bits per heavy atom. The van der Waals surface area contributed by atoms with Gasteiger partial charge in [0.25, 0.3) is 0 Å². The predicted molar refractivity (Wildman–Crippen MR) is 155 cm³/mol. The third-order valence-corrected chi connectivity index (χ3v) is 7.48. The molecule has 38 heavy (non-hydrogen) atoms. The molecule has 0 aliphatic carbocycles. The van der Waals surface area contributed by atoms with Crippen molar-refractivity contribution in [3.05, 3.63) is 100 Å². The molecule has 2 aromatic carbocycles. The number of halogens is 1. The van der Waals surface area contributed by atoms with Crippen LogP contribution in [0.3, 0.4) is 0 Å². The van der Waals surface area contributed by atoms with Gasteiger partial charge in [0.2, 0.25) is 5.91 Å². The summed E-state index contributed by atoms with van der Waals surface area (Å²) in [7, 11) is 1.58. The lowest BCUT2D eigenvalue weighted by molar-refractivity contribution is -0.116. The highest BCUT2D eigenvalue weighted by Gasteiger charge is 2.41. The number of nitrogens with zero attached hydrogens (tertiary/aromatic N) is 2. The molecule has 2 atom stereocenters. The molecule has 4 aromatic rings. The van der Waals surface area contributed by atoms with Crippen LogP contribution in [0.5, 0.6) is 5.75 Å². The summed E-state index contributed by atoms with van der Waals surface area (Å²) in [4.78, 5) is 19.5. The maximum atomic E-state index is 12.9. The highest BCUT2D eigenvalue weighted by atomic mass is 79.9. The number of rotatable bonds is 8. The van der Waals surface area contributed by atoms with Crippen LogP contribution < -0.4 is 15.4 Å². The lowest BCUT2D eigenvalue weighted by Gasteiger charge is -2.26. The molecule has 0 radical (unpaired) electrons. The molecule has 0 bridgehead atoms. The Morgan fingerprint density at radius 3 is 2.74 bits per heavy atom. The second kappa shape index (κ2) is 11.4. The molecule has 194 valence electrons. The molecule has 0 unspecified atom stereocenters. The van der Waals surface area contributed by atoms with Crippen molar-refractivity contribution in [1.29, 1.82) is 0 Å². The first-order valence-electron chi connectivity index (χ1n) is 12.2. The standard InChI is InChI=1S/C29H27BrN4O3S/c1-18-10-11-19(20(30)17-18)23-12-13-25(37-23)28-27(22-8-5-6-15-31-22)33-29(38)34(28)16-14-26(35)32-21-7-3-4-9-24(21)36-2/h3-13,15,17,27-28H,14,16H2,1-2H3,(H,32,35)(H,33,38)/t27-,28-/m0/s1. The molecular formula is C29H27BrN4O3S. The van der Waals surface area contributed by atoms with Crippen molar-refractivity contribution in [2.24, 2.45) is 0 Å². The van der Waals surface area contributed by atoms with Gasteiger partial charge in [-0.2, -0.15) is 0 Å². The number of anilines is 1. The number of furan rings is 1. The van der Waals surface area contributed by atoms with Gasteiger partial charge in [0.15, 0.2) is 5.11 Å². The second-order valence-corrected chi connectivity index (χ2v) is 10.2. The van der Waals surface area contributed by atoms with Gasteiger partial charge in [-0.25, -0.2) is 0 Å². The highest BCUT2D eigenvalue weighted by Crippen LogP contribution is 2.41. The zero-order valence-electron chi connectivity index (χ0n) is 21.0. The van der Waals surface area contributed by atoms with Crippen LogP contribution in [0.1, 0.15) is 35.5 Å². The first kappa shape index (κ1) is 25.9. The Hall–Kier alpha value is -3.69. The van der Waals surface area contributed by atoms with Gasteiger partial charge in [-0.15, -0.1) is 0 Å². The van der Waals surface area contributed by atoms with E-state index in [2.05, 4.69) is 43.7 Å². The number of carbonyl (C=O) groups is 1. The topological polar surface area (TPSA) is 79.6 Å². The number of para-hydroxylation sites is 2. The normalized spacial score (nSPS) is 16.8. The number of thiocarbonyl (C=S) groups is 1. The molecule has 1 aliphatic heterocycles. The number of carbonyl (C=O) groups excluding carboxylic acids is 1. The number of hydrogen-bond acceptors (Lipinski definition) is 5. The minimum atomic E-state index is -0.283. The first-order valence-corrected chi connectivity index (χ1v) is 13.4. The fraction of sp³-hybridized carbons (Fsp3) is 0.207. The lowest BCUT2D eigenvalue weighted by atomic mass is 10.0. The van der Waals surface area contributed by atoms with Crippen LogP contribution in [0.15, 0.2) is 87.9 Å². The van der Waals surface area contributed by atoms with Crippen molar-refractivity contribution in [3.8, 4) is 17.1 Å². The van der Waals surface area contributed by atoms with Gasteiger partial charge in [-0.3, -0.25) is 9.78 Å². The molecule has 5 rings (SSSR count). The van der Waals surface area contributed by atoms with E-state index in [-0.39, 0.29) is 24.4 Å². The van der Waals surface area contributed by atoms with E-state index in [1.165, 1.54) is 0 Å². The fourth-order valence-electron chi connectivity index (χ4n) is 4.61. The first-order chi connectivity index (χ1) is 18.4. The van der Waals surface area contributed by atoms with E-state index < -0.39 is 0 Å². The summed E-state index contributed by atoms with van der Waals surface area (Å²) in [6.07, 6.45) is 1.99. The molecule has 0 spiro atoms. The summed E-state index contributed by atoms with van der Waals surface area (Å²) in [6, 6.07) is 22.7. The molecule has 2 N–H and O–H groups in total. The molecule has 3 heterocycles. The van der Waals surface area contributed by atoms with E-state index in [1.54, 1.807) is 13.3 Å². The second-order valence-electron chi connectivity index (χ2n) is 9.00. The largest absolute Gasteiger partial charge is 0.495 e. The van der Waals surface area contributed by atoms with Crippen LogP contribution in [-0.4, -0.2) is 34.6 Å². The SMILES string of the molecule is COc1ccccc1NC(=O)CCN1C(=S)N[C@@H](c2ccccn2)[C@@H]1c1ccc(-c2ccc(C)cc2Br)o1. The molecule has 1 amide bonds. The van der Waals surface area contributed by atoms with E-state index in [0.717, 1.165) is 32.8 Å². The number of pyridine rings is 1. The van der Waals surface area contributed by atoms with Crippen LogP contribution in [0.4, 0.5) is 5.69 Å². The van der Waals surface area contributed by atoms with Gasteiger partial charge in [-0.1, -0.05) is 40.2 Å². The van der Waals surface area contributed by atoms with Crippen molar-refractivity contribution >= 4 is 44.9 Å². The van der Waals surface area contributed by atoms with Gasteiger partial charge >= 0.3 is 0 Å². The zero-order chi connectivity index (χ0) is 26.6. The number of amides is 1. The van der Waals surface area contributed by atoms with Crippen LogP contribution in [0, 0.1) is 6.92 Å². The Bertz CT molecular complexity index is 1460. The Labute approximate surface area is 235 Å². The fourth-order valence-corrected chi connectivity index (χ4v) is 5.63. The molecule has 1 aliphatic rings. The smallest absolute Gasteiger partial charge is 0.226 e. The van der Waals surface area contributed by atoms with Gasteiger partial charge in [0.05, 0.1) is 24.5 Å². The number of hydrogen-bond donors (Lipinski definition) is 2. The van der Waals surface area contributed by atoms with E-state index >= 15 is 0 Å². The summed E-state index contributed by atoms with van der Waals surface area (Å²) in [5.74, 6) is 1.96. The number of ether oxygens (including phenoxy) is 1. The van der Waals surface area contributed by atoms with Gasteiger partial charge < -0.3 is 24.7 Å². The van der Waals surface area contributed by atoms with Gasteiger partial charge in [0, 0.05) is 29.2 Å². The van der Waals surface area contributed by atoms with E-state index in [0.29, 0.717) is 23.1 Å². The minimum absolute atomic E-state index is 0.138. The Balaban J connectivity index is 1.41. The molecule has 1 saturated heterocycles. The van der Waals surface area contributed by atoms with Crippen LogP contribution in [0.2, 0.25) is 0 Å². The maximum Gasteiger partial charge on any atom is 0.226 e. The van der Waals surface area contributed by atoms with Crippen molar-refractivity contribution in [1.82, 2.24) is 15.2 Å². The highest BCUT2D eigenvalue weighted by molar-refractivity contribution is 9.10. The van der Waals surface area contributed by atoms with Crippen LogP contribution >= 0.6 is 28.1 Å². The molecular weight excluding hydrogens is 564 g/mol. The summed E-state index contributed by atoms with van der Waals surface area (Å²) < 4.78 is 12.7. The Kier molecular flexibility index (Phi) is 7.76. The van der Waals surface area contributed by atoms with E-state index in [9.17, 15) is 4.79 Å². The van der Waals surface area contributed by atoms with Crippen LogP contribution in [0.25, 0.3) is 11.3 Å². The Morgan fingerprint density at radius 1 is 1.16 bits per heavy atom. The summed E-state index contributed by atoms with van der Waals surface area (Å²) in [5.41, 5.74) is 3.60. The maximum absolute atomic E-state index is 12.9. The quantitative estimate of drug-likeness (QED) is 0.229. The number of nitrogens with one attached hydrogen (secondary N) is 2. The van der Waals surface area contributed by atoms with E-state index in [1.807, 2.05) is 72.5 Å². The third kappa shape index (κ3) is 5.44. The predicted octanol–water partition coefficient (Wildman–Crippen LogP) is 6.42. The van der Waals surface area contributed by atoms with Crippen molar-refractivity contribution in [2.45, 2.75) is 25.4 Å². The molecule has 7 nitrogen and oxygen atoms in total. The molecule has 9 heteroatoms. The van der Waals surface area contributed by atoms with Gasteiger partial charge in [0.1, 0.15) is 23.3 Å². The number of aromatic nitrogens is 1.